The molecule has 0 aromatic heterocycles. The van der Waals surface area contributed by atoms with Gasteiger partial charge >= 0.3 is 0 Å². The molecule has 1 aliphatic heterocycles. The molecular formula is C17H34N2OS. The van der Waals surface area contributed by atoms with Crippen LogP contribution in [0.25, 0.3) is 0 Å². The molecule has 3 nitrogen and oxygen atoms in total. The monoisotopic (exact) mass is 314 g/mol. The summed E-state index contributed by atoms with van der Waals surface area (Å²) in [5.74, 6) is 0.716. The first kappa shape index (κ1) is 18.8. The zero-order chi connectivity index (χ0) is 16.5. The summed E-state index contributed by atoms with van der Waals surface area (Å²) in [5.41, 5.74) is 0.494. The lowest BCUT2D eigenvalue weighted by Gasteiger charge is -2.42. The molecule has 1 rings (SSSR count). The molecule has 2 atom stereocenters. The van der Waals surface area contributed by atoms with Crippen LogP contribution in [-0.2, 0) is 11.0 Å². The molecule has 0 N–H and O–H groups in total. The van der Waals surface area contributed by atoms with Crippen molar-refractivity contribution in [2.24, 2.45) is 10.3 Å². The van der Waals surface area contributed by atoms with Gasteiger partial charge in [0.05, 0.1) is 4.75 Å². The molecule has 1 heterocycles. The van der Waals surface area contributed by atoms with E-state index in [4.69, 9.17) is 0 Å². The second kappa shape index (κ2) is 6.49. The van der Waals surface area contributed by atoms with Gasteiger partial charge in [-0.1, -0.05) is 0 Å². The molecule has 21 heavy (non-hydrogen) atoms. The largest absolute Gasteiger partial charge is 0.293 e. The zero-order valence-corrected chi connectivity index (χ0v) is 16.0. The van der Waals surface area contributed by atoms with E-state index in [0.29, 0.717) is 5.92 Å². The van der Waals surface area contributed by atoms with E-state index in [1.54, 1.807) is 0 Å². The van der Waals surface area contributed by atoms with Gasteiger partial charge in [-0.05, 0) is 80.6 Å². The predicted octanol–water partition coefficient (Wildman–Crippen LogP) is 4.20. The molecule has 2 unspecified atom stereocenters. The smallest absolute Gasteiger partial charge is 0.144 e. The average molecular weight is 315 g/mol. The van der Waals surface area contributed by atoms with Crippen molar-refractivity contribution in [2.75, 3.05) is 6.54 Å². The van der Waals surface area contributed by atoms with Crippen LogP contribution in [-0.4, -0.2) is 37.7 Å². The van der Waals surface area contributed by atoms with Crippen LogP contribution in [0.5, 0.6) is 0 Å². The number of likely N-dealkylation sites (tertiary alicyclic amines) is 1. The summed E-state index contributed by atoms with van der Waals surface area (Å²) in [6.45, 7) is 18.6. The Morgan fingerprint density at radius 2 is 1.81 bits per heavy atom. The number of rotatable bonds is 4. The summed E-state index contributed by atoms with van der Waals surface area (Å²) in [6.07, 6.45) is 5.18. The minimum Gasteiger partial charge on any atom is -0.293 e. The fourth-order valence-electron chi connectivity index (χ4n) is 3.35. The molecule has 124 valence electrons. The molecule has 0 amide bonds. The van der Waals surface area contributed by atoms with E-state index in [-0.39, 0.29) is 15.8 Å². The fourth-order valence-corrected chi connectivity index (χ4v) is 3.91. The summed E-state index contributed by atoms with van der Waals surface area (Å²) in [4.78, 5) is 2.62. The molecule has 0 saturated carbocycles. The van der Waals surface area contributed by atoms with Crippen LogP contribution in [0.2, 0.25) is 0 Å². The van der Waals surface area contributed by atoms with E-state index in [9.17, 15) is 4.21 Å². The quantitative estimate of drug-likeness (QED) is 0.729. The van der Waals surface area contributed by atoms with Crippen LogP contribution >= 0.6 is 0 Å². The first-order valence-corrected chi connectivity index (χ1v) is 9.17. The molecule has 1 saturated heterocycles. The van der Waals surface area contributed by atoms with Crippen molar-refractivity contribution in [3.63, 3.8) is 0 Å². The van der Waals surface area contributed by atoms with Gasteiger partial charge in [-0.25, -0.2) is 4.21 Å². The van der Waals surface area contributed by atoms with Crippen LogP contribution in [0.3, 0.4) is 0 Å². The Morgan fingerprint density at radius 1 is 1.24 bits per heavy atom. The highest BCUT2D eigenvalue weighted by atomic mass is 32.2. The summed E-state index contributed by atoms with van der Waals surface area (Å²) < 4.78 is 15.8. The van der Waals surface area contributed by atoms with E-state index in [2.05, 4.69) is 43.9 Å². The van der Waals surface area contributed by atoms with E-state index in [1.165, 1.54) is 6.42 Å². The van der Waals surface area contributed by atoms with Crippen molar-refractivity contribution in [3.8, 4) is 0 Å². The van der Waals surface area contributed by atoms with Crippen molar-refractivity contribution >= 4 is 17.2 Å². The minimum absolute atomic E-state index is 0.222. The molecular weight excluding hydrogens is 280 g/mol. The van der Waals surface area contributed by atoms with E-state index in [0.717, 1.165) is 19.4 Å². The second-order valence-electron chi connectivity index (χ2n) is 8.89. The van der Waals surface area contributed by atoms with Gasteiger partial charge in [-0.2, -0.15) is 4.40 Å². The average Bonchev–Trinajstić information content (AvgIpc) is 2.58. The van der Waals surface area contributed by atoms with Crippen LogP contribution < -0.4 is 0 Å². The highest BCUT2D eigenvalue weighted by Gasteiger charge is 2.42. The normalized spacial score (nSPS) is 25.6. The molecule has 1 fully saturated rings. The molecule has 4 heteroatoms. The zero-order valence-electron chi connectivity index (χ0n) is 15.2. The van der Waals surface area contributed by atoms with Crippen molar-refractivity contribution in [1.82, 2.24) is 4.90 Å². The fraction of sp³-hybridized carbons (Fsp3) is 0.941. The molecule has 0 aliphatic carbocycles. The summed E-state index contributed by atoms with van der Waals surface area (Å²) in [5, 5.41) is 0. The topological polar surface area (TPSA) is 32.7 Å². The number of nitrogens with zero attached hydrogens (tertiary/aromatic N) is 2. The highest BCUT2D eigenvalue weighted by Crippen LogP contribution is 2.39. The van der Waals surface area contributed by atoms with Crippen molar-refractivity contribution in [2.45, 2.75) is 90.5 Å². The Kier molecular flexibility index (Phi) is 5.82. The summed E-state index contributed by atoms with van der Waals surface area (Å²) in [7, 11) is -1.12. The van der Waals surface area contributed by atoms with Gasteiger partial charge in [0, 0.05) is 23.8 Å². The molecule has 0 bridgehead atoms. The Labute approximate surface area is 134 Å². The van der Waals surface area contributed by atoms with Gasteiger partial charge in [0.25, 0.3) is 0 Å². The van der Waals surface area contributed by atoms with Crippen molar-refractivity contribution in [1.29, 1.82) is 0 Å². The van der Waals surface area contributed by atoms with Crippen molar-refractivity contribution in [3.05, 3.63) is 0 Å². The Balaban J connectivity index is 2.49. The third-order valence-electron chi connectivity index (χ3n) is 4.17. The Morgan fingerprint density at radius 3 is 2.24 bits per heavy atom. The summed E-state index contributed by atoms with van der Waals surface area (Å²) >= 11 is 0. The Bertz CT molecular complexity index is 402. The maximum absolute atomic E-state index is 11.9. The molecule has 1 aliphatic rings. The van der Waals surface area contributed by atoms with Crippen LogP contribution in [0.4, 0.5) is 0 Å². The van der Waals surface area contributed by atoms with Crippen LogP contribution in [0.1, 0.15) is 74.7 Å². The van der Waals surface area contributed by atoms with Crippen LogP contribution in [0, 0.1) is 5.92 Å². The van der Waals surface area contributed by atoms with Crippen molar-refractivity contribution < 1.29 is 4.21 Å². The lowest BCUT2D eigenvalue weighted by atomic mass is 9.92. The predicted molar refractivity (Wildman–Crippen MR) is 94.3 cm³/mol. The third kappa shape index (κ3) is 5.48. The molecule has 0 radical (unpaired) electrons. The SMILES string of the molecule is CC(C)(C)N1CC(CC/C=N/S(=O)C(C)(C)C)CC1(C)C. The first-order valence-electron chi connectivity index (χ1n) is 8.06. The van der Waals surface area contributed by atoms with Gasteiger partial charge in [0.1, 0.15) is 11.0 Å². The van der Waals surface area contributed by atoms with Gasteiger partial charge in [0.2, 0.25) is 0 Å². The molecule has 0 aromatic rings. The minimum atomic E-state index is -1.12. The van der Waals surface area contributed by atoms with E-state index < -0.39 is 11.0 Å². The standard InChI is InChI=1S/C17H34N2OS/c1-15(2,3)19-13-14(12-17(19,7)8)10-9-11-18-21(20)16(4,5)6/h11,14H,9-10,12-13H2,1-8H3/b18-11+. The van der Waals surface area contributed by atoms with Gasteiger partial charge in [-0.3, -0.25) is 4.90 Å². The van der Waals surface area contributed by atoms with E-state index in [1.807, 2.05) is 27.0 Å². The van der Waals surface area contributed by atoms with Gasteiger partial charge in [0.15, 0.2) is 0 Å². The number of hydrogen-bond acceptors (Lipinski definition) is 2. The van der Waals surface area contributed by atoms with Gasteiger partial charge in [-0.15, -0.1) is 0 Å². The maximum atomic E-state index is 11.9. The Hall–Kier alpha value is -0.220. The lowest BCUT2D eigenvalue weighted by Crippen LogP contribution is -2.50. The summed E-state index contributed by atoms with van der Waals surface area (Å²) in [6, 6.07) is 0. The molecule has 0 spiro atoms. The first-order chi connectivity index (χ1) is 9.34. The highest BCUT2D eigenvalue weighted by molar-refractivity contribution is 7.85. The van der Waals surface area contributed by atoms with Crippen LogP contribution in [0.15, 0.2) is 4.40 Å². The third-order valence-corrected chi connectivity index (χ3v) is 5.56. The number of hydrogen-bond donors (Lipinski definition) is 0. The second-order valence-corrected chi connectivity index (χ2v) is 10.8. The van der Waals surface area contributed by atoms with E-state index >= 15 is 0 Å². The molecule has 0 aromatic carbocycles. The van der Waals surface area contributed by atoms with Gasteiger partial charge < -0.3 is 0 Å². The lowest BCUT2D eigenvalue weighted by molar-refractivity contribution is 0.0670. The maximum Gasteiger partial charge on any atom is 0.144 e.